The average molecular weight is 580 g/mol. The zero-order valence-corrected chi connectivity index (χ0v) is 24.7. The number of carbonyl (C=O) groups is 2. The number of anilines is 3. The van der Waals surface area contributed by atoms with Gasteiger partial charge in [0.1, 0.15) is 0 Å². The largest absolute Gasteiger partial charge is 0.440 e. The summed E-state index contributed by atoms with van der Waals surface area (Å²) in [6.07, 6.45) is 2.91. The van der Waals surface area contributed by atoms with E-state index in [0.717, 1.165) is 22.6 Å². The number of ketones is 1. The van der Waals surface area contributed by atoms with Gasteiger partial charge in [-0.1, -0.05) is 91.0 Å². The summed E-state index contributed by atoms with van der Waals surface area (Å²) in [5.74, 6) is -0.316. The molecule has 0 radical (unpaired) electrons. The van der Waals surface area contributed by atoms with Gasteiger partial charge in [-0.2, -0.15) is 0 Å². The fourth-order valence-electron chi connectivity index (χ4n) is 4.61. The highest BCUT2D eigenvalue weighted by molar-refractivity contribution is 6.12. The molecule has 5 rings (SSSR count). The van der Waals surface area contributed by atoms with E-state index in [2.05, 4.69) is 34.2 Å². The van der Waals surface area contributed by atoms with E-state index >= 15 is 0 Å². The summed E-state index contributed by atoms with van der Waals surface area (Å²) in [5.41, 5.74) is 5.29. The van der Waals surface area contributed by atoms with Crippen molar-refractivity contribution in [3.8, 4) is 0 Å². The van der Waals surface area contributed by atoms with Crippen LogP contribution in [0.25, 0.3) is 6.08 Å². The third kappa shape index (κ3) is 7.17. The average Bonchev–Trinajstić information content (AvgIpc) is 3.09. The van der Waals surface area contributed by atoms with Crippen molar-refractivity contribution in [3.63, 3.8) is 0 Å². The van der Waals surface area contributed by atoms with Gasteiger partial charge in [0.2, 0.25) is 0 Å². The lowest BCUT2D eigenvalue weighted by Crippen LogP contribution is -2.28. The highest BCUT2D eigenvalue weighted by atomic mass is 16.5. The number of carbonyl (C=O) groups excluding carboxylic acids is 2. The van der Waals surface area contributed by atoms with Crippen LogP contribution in [0.5, 0.6) is 0 Å². The highest BCUT2D eigenvalue weighted by Gasteiger charge is 2.17. The molecule has 0 aliphatic heterocycles. The quantitative estimate of drug-likeness (QED) is 0.0517. The first-order valence-electron chi connectivity index (χ1n) is 14.4. The number of benzene rings is 5. The second kappa shape index (κ2) is 14.4. The van der Waals surface area contributed by atoms with Crippen molar-refractivity contribution >= 4 is 46.9 Å². The molecule has 44 heavy (non-hydrogen) atoms. The number of ether oxygens (including phenoxy) is 1. The number of hydrogen-bond acceptors (Lipinski definition) is 5. The number of aliphatic imine (C=N–C) groups is 1. The Hall–Kier alpha value is -5.75. The molecule has 6 nitrogen and oxygen atoms in total. The zero-order chi connectivity index (χ0) is 30.7. The minimum atomic E-state index is -0.285. The third-order valence-corrected chi connectivity index (χ3v) is 7.07. The summed E-state index contributed by atoms with van der Waals surface area (Å²) in [6, 6.07) is 44.3. The van der Waals surface area contributed by atoms with E-state index in [4.69, 9.17) is 4.74 Å². The first-order chi connectivity index (χ1) is 21.5. The third-order valence-electron chi connectivity index (χ3n) is 7.07. The SMILES string of the molecule is CCN(C)C(=O)/C(=C\c1ccc(N(c2ccccc2)c2ccccc2)cc1)OC=Nc1ccccc1C(=O)c1ccccc1. The van der Waals surface area contributed by atoms with Gasteiger partial charge in [-0.15, -0.1) is 0 Å². The lowest BCUT2D eigenvalue weighted by atomic mass is 10.0. The Morgan fingerprint density at radius 3 is 1.80 bits per heavy atom. The van der Waals surface area contributed by atoms with E-state index < -0.39 is 0 Å². The van der Waals surface area contributed by atoms with Crippen molar-refractivity contribution in [2.24, 2.45) is 4.99 Å². The van der Waals surface area contributed by atoms with Crippen molar-refractivity contribution in [2.75, 3.05) is 18.5 Å². The van der Waals surface area contributed by atoms with Gasteiger partial charge in [-0.3, -0.25) is 9.59 Å². The topological polar surface area (TPSA) is 62.2 Å². The molecule has 0 aliphatic rings. The van der Waals surface area contributed by atoms with Crippen LogP contribution in [0.15, 0.2) is 150 Å². The van der Waals surface area contributed by atoms with Crippen LogP contribution in [-0.4, -0.2) is 36.6 Å². The van der Waals surface area contributed by atoms with Crippen LogP contribution in [0.2, 0.25) is 0 Å². The maximum atomic E-state index is 13.2. The number of nitrogens with zero attached hydrogens (tertiary/aromatic N) is 3. The van der Waals surface area contributed by atoms with E-state index in [1.54, 1.807) is 54.4 Å². The number of likely N-dealkylation sites (N-methyl/N-ethyl adjacent to an activating group) is 1. The molecule has 0 unspecified atom stereocenters. The molecule has 0 spiro atoms. The Balaban J connectivity index is 1.42. The first-order valence-corrected chi connectivity index (χ1v) is 14.4. The summed E-state index contributed by atoms with van der Waals surface area (Å²) in [6.45, 7) is 2.40. The maximum absolute atomic E-state index is 13.2. The fourth-order valence-corrected chi connectivity index (χ4v) is 4.61. The second-order valence-electron chi connectivity index (χ2n) is 9.99. The molecular formula is C38H33N3O3. The summed E-state index contributed by atoms with van der Waals surface area (Å²) >= 11 is 0. The van der Waals surface area contributed by atoms with Gasteiger partial charge in [0.25, 0.3) is 5.91 Å². The Bertz CT molecular complexity index is 1710. The van der Waals surface area contributed by atoms with Crippen LogP contribution in [0.4, 0.5) is 22.7 Å². The molecule has 0 bridgehead atoms. The Morgan fingerprint density at radius 2 is 1.20 bits per heavy atom. The molecule has 0 N–H and O–H groups in total. The van der Waals surface area contributed by atoms with Crippen molar-refractivity contribution in [2.45, 2.75) is 6.92 Å². The molecule has 6 heteroatoms. The van der Waals surface area contributed by atoms with Gasteiger partial charge < -0.3 is 14.5 Å². The minimum absolute atomic E-state index is 0.112. The Kier molecular flexibility index (Phi) is 9.75. The summed E-state index contributed by atoms with van der Waals surface area (Å²) in [5, 5.41) is 0. The smallest absolute Gasteiger partial charge is 0.289 e. The zero-order valence-electron chi connectivity index (χ0n) is 24.7. The van der Waals surface area contributed by atoms with Gasteiger partial charge in [0.15, 0.2) is 17.9 Å². The van der Waals surface area contributed by atoms with Gasteiger partial charge in [0.05, 0.1) is 5.69 Å². The van der Waals surface area contributed by atoms with Crippen LogP contribution >= 0.6 is 0 Å². The Labute approximate surface area is 258 Å². The van der Waals surface area contributed by atoms with Crippen LogP contribution < -0.4 is 4.90 Å². The van der Waals surface area contributed by atoms with Gasteiger partial charge in [-0.25, -0.2) is 4.99 Å². The molecule has 0 aromatic heterocycles. The van der Waals surface area contributed by atoms with E-state index in [-0.39, 0.29) is 17.4 Å². The van der Waals surface area contributed by atoms with Crippen LogP contribution in [0, 0.1) is 0 Å². The van der Waals surface area contributed by atoms with Gasteiger partial charge in [0, 0.05) is 41.8 Å². The number of amides is 1. The number of hydrogen-bond donors (Lipinski definition) is 0. The molecule has 0 heterocycles. The molecule has 5 aromatic carbocycles. The maximum Gasteiger partial charge on any atom is 0.289 e. The molecule has 0 saturated carbocycles. The monoisotopic (exact) mass is 579 g/mol. The Morgan fingerprint density at radius 1 is 0.682 bits per heavy atom. The van der Waals surface area contributed by atoms with Gasteiger partial charge >= 0.3 is 0 Å². The molecule has 0 atom stereocenters. The van der Waals surface area contributed by atoms with Gasteiger partial charge in [-0.05, 0) is 67.1 Å². The highest BCUT2D eigenvalue weighted by Crippen LogP contribution is 2.34. The number of para-hydroxylation sites is 3. The van der Waals surface area contributed by atoms with Crippen LogP contribution in [0.3, 0.4) is 0 Å². The second-order valence-corrected chi connectivity index (χ2v) is 9.99. The molecule has 0 fully saturated rings. The van der Waals surface area contributed by atoms with E-state index in [1.165, 1.54) is 6.40 Å². The van der Waals surface area contributed by atoms with Crippen molar-refractivity contribution in [1.82, 2.24) is 4.90 Å². The van der Waals surface area contributed by atoms with Crippen LogP contribution in [0.1, 0.15) is 28.4 Å². The van der Waals surface area contributed by atoms with Crippen molar-refractivity contribution in [3.05, 3.63) is 162 Å². The van der Waals surface area contributed by atoms with E-state index in [9.17, 15) is 9.59 Å². The van der Waals surface area contributed by atoms with Crippen molar-refractivity contribution < 1.29 is 14.3 Å². The molecule has 0 saturated heterocycles. The molecular weight excluding hydrogens is 546 g/mol. The summed E-state index contributed by atoms with van der Waals surface area (Å²) in [4.78, 5) is 34.5. The predicted molar refractivity (Wildman–Crippen MR) is 178 cm³/mol. The van der Waals surface area contributed by atoms with E-state index in [0.29, 0.717) is 23.4 Å². The number of rotatable bonds is 11. The van der Waals surface area contributed by atoms with Crippen LogP contribution in [-0.2, 0) is 9.53 Å². The predicted octanol–water partition coefficient (Wildman–Crippen LogP) is 8.58. The van der Waals surface area contributed by atoms with E-state index in [1.807, 2.05) is 85.8 Å². The molecule has 218 valence electrons. The first kappa shape index (κ1) is 29.7. The summed E-state index contributed by atoms with van der Waals surface area (Å²) < 4.78 is 5.85. The lowest BCUT2D eigenvalue weighted by molar-refractivity contribution is -0.127. The normalized spacial score (nSPS) is 11.3. The standard InChI is InChI=1S/C38H33N3O3/c1-3-40(2)38(43)36(44-28-39-35-22-14-13-21-34(35)37(42)30-15-7-4-8-16-30)27-29-23-25-33(26-24-29)41(31-17-9-5-10-18-31)32-19-11-6-12-20-32/h4-28H,3H2,1-2H3/b36-27+,39-28?. The van der Waals surface area contributed by atoms with Crippen molar-refractivity contribution in [1.29, 1.82) is 0 Å². The molecule has 5 aromatic rings. The fraction of sp³-hybridized carbons (Fsp3) is 0.0789. The molecule has 1 amide bonds. The molecule has 0 aliphatic carbocycles. The summed E-state index contributed by atoms with van der Waals surface area (Å²) in [7, 11) is 1.71. The minimum Gasteiger partial charge on any atom is -0.440 e. The lowest BCUT2D eigenvalue weighted by Gasteiger charge is -2.25.